The third kappa shape index (κ3) is 3.57. The summed E-state index contributed by atoms with van der Waals surface area (Å²) >= 11 is 11.6. The van der Waals surface area contributed by atoms with Crippen molar-refractivity contribution in [2.45, 2.75) is 6.04 Å². The summed E-state index contributed by atoms with van der Waals surface area (Å²) in [5.74, 6) is 0. The Kier molecular flexibility index (Phi) is 4.66. The third-order valence-corrected chi connectivity index (χ3v) is 2.40. The van der Waals surface area contributed by atoms with Crippen LogP contribution in [0.4, 0.5) is 0 Å². The van der Waals surface area contributed by atoms with Gasteiger partial charge in [-0.3, -0.25) is 10.4 Å². The maximum atomic E-state index is 8.71. The van der Waals surface area contributed by atoms with Crippen molar-refractivity contribution in [3.63, 3.8) is 0 Å². The van der Waals surface area contributed by atoms with Crippen LogP contribution in [0.2, 0.25) is 10.0 Å². The molecule has 0 aliphatic rings. The first-order chi connectivity index (χ1) is 8.08. The zero-order chi connectivity index (χ0) is 12.8. The predicted octanol–water partition coefficient (Wildman–Crippen LogP) is 2.85. The highest BCUT2D eigenvalue weighted by Gasteiger charge is 2.10. The minimum atomic E-state index is -1.10. The summed E-state index contributed by atoms with van der Waals surface area (Å²) in [6.45, 7) is 0. The average molecular weight is 265 g/mol. The normalized spacial score (nSPS) is 11.8. The van der Waals surface area contributed by atoms with Crippen molar-refractivity contribution in [3.8, 4) is 12.1 Å². The van der Waals surface area contributed by atoms with Gasteiger partial charge in [-0.15, -0.1) is 0 Å². The Morgan fingerprint density at radius 2 is 2.12 bits per heavy atom. The number of rotatable bonds is 3. The second-order valence-electron chi connectivity index (χ2n) is 3.00. The zero-order valence-electron chi connectivity index (χ0n) is 8.48. The van der Waals surface area contributed by atoms with E-state index in [1.54, 1.807) is 30.3 Å². The molecule has 1 aromatic carbocycles. The minimum Gasteiger partial charge on any atom is -0.291 e. The number of nitrogens with one attached hydrogen (secondary N) is 1. The molecule has 6 heteroatoms. The lowest BCUT2D eigenvalue weighted by Gasteiger charge is -2.00. The molecule has 0 saturated carbocycles. The highest BCUT2D eigenvalue weighted by molar-refractivity contribution is 6.36. The lowest BCUT2D eigenvalue weighted by molar-refractivity contribution is 1.09. The molecular weight excluding hydrogens is 259 g/mol. The van der Waals surface area contributed by atoms with Crippen molar-refractivity contribution >= 4 is 35.1 Å². The molecule has 1 unspecified atom stereocenters. The first-order valence-electron chi connectivity index (χ1n) is 4.45. The maximum absolute atomic E-state index is 8.71. The fourth-order valence-corrected chi connectivity index (χ4v) is 1.45. The van der Waals surface area contributed by atoms with Gasteiger partial charge in [0.25, 0.3) is 0 Å². The number of halogens is 2. The largest absolute Gasteiger partial charge is 0.291 e. The van der Waals surface area contributed by atoms with Gasteiger partial charge in [-0.25, -0.2) is 0 Å². The van der Waals surface area contributed by atoms with E-state index in [0.717, 1.165) is 0 Å². The quantitative estimate of drug-likeness (QED) is 0.852. The van der Waals surface area contributed by atoms with Crippen molar-refractivity contribution in [2.24, 2.45) is 4.99 Å². The number of benzene rings is 1. The molecule has 1 atom stereocenters. The molecule has 0 aromatic heterocycles. The van der Waals surface area contributed by atoms with Gasteiger partial charge in [0.15, 0.2) is 6.04 Å². The molecule has 0 spiro atoms. The lowest BCUT2D eigenvalue weighted by atomic mass is 10.2. The van der Waals surface area contributed by atoms with E-state index in [1.807, 2.05) is 0 Å². The molecule has 17 heavy (non-hydrogen) atoms. The monoisotopic (exact) mass is 264 g/mol. The van der Waals surface area contributed by atoms with Crippen molar-refractivity contribution in [3.05, 3.63) is 33.8 Å². The van der Waals surface area contributed by atoms with Crippen LogP contribution >= 0.6 is 23.2 Å². The summed E-state index contributed by atoms with van der Waals surface area (Å²) in [6.07, 6.45) is 1.35. The van der Waals surface area contributed by atoms with Crippen LogP contribution in [0, 0.1) is 28.1 Å². The van der Waals surface area contributed by atoms with Gasteiger partial charge in [0.05, 0.1) is 11.1 Å². The van der Waals surface area contributed by atoms with Gasteiger partial charge >= 0.3 is 0 Å². The summed E-state index contributed by atoms with van der Waals surface area (Å²) in [5.41, 5.74) is 0.163. The van der Waals surface area contributed by atoms with Crippen LogP contribution in [0.1, 0.15) is 5.56 Å². The number of hydrogen-bond donors (Lipinski definition) is 1. The van der Waals surface area contributed by atoms with E-state index in [9.17, 15) is 0 Å². The van der Waals surface area contributed by atoms with Crippen molar-refractivity contribution in [1.82, 2.24) is 0 Å². The molecule has 0 heterocycles. The van der Waals surface area contributed by atoms with Crippen molar-refractivity contribution < 1.29 is 0 Å². The van der Waals surface area contributed by atoms with Crippen LogP contribution < -0.4 is 0 Å². The van der Waals surface area contributed by atoms with E-state index in [-0.39, 0.29) is 0 Å². The Balaban J connectivity index is 2.95. The predicted molar refractivity (Wildman–Crippen MR) is 66.8 cm³/mol. The molecule has 1 aromatic rings. The zero-order valence-corrected chi connectivity index (χ0v) is 10.00. The molecule has 1 N–H and O–H groups in total. The summed E-state index contributed by atoms with van der Waals surface area (Å²) in [7, 11) is 0. The van der Waals surface area contributed by atoms with Crippen LogP contribution in [0.3, 0.4) is 0 Å². The van der Waals surface area contributed by atoms with Crippen LogP contribution in [0.5, 0.6) is 0 Å². The van der Waals surface area contributed by atoms with Gasteiger partial charge in [0.1, 0.15) is 11.8 Å². The second-order valence-corrected chi connectivity index (χ2v) is 3.84. The van der Waals surface area contributed by atoms with E-state index in [1.165, 1.54) is 6.21 Å². The standard InChI is InChI=1S/C11H6Cl2N4/c12-8-2-1-7(9(13)3-8)6-17-11(5-15)10(16)4-14/h1-3,6,11,16H. The first-order valence-corrected chi connectivity index (χ1v) is 5.20. The highest BCUT2D eigenvalue weighted by atomic mass is 35.5. The number of nitriles is 2. The smallest absolute Gasteiger partial charge is 0.187 e. The fraction of sp³-hybridized carbons (Fsp3) is 0.0909. The van der Waals surface area contributed by atoms with E-state index < -0.39 is 11.8 Å². The maximum Gasteiger partial charge on any atom is 0.187 e. The molecule has 4 nitrogen and oxygen atoms in total. The molecule has 0 radical (unpaired) electrons. The molecule has 84 valence electrons. The molecule has 0 saturated heterocycles. The molecular formula is C11H6Cl2N4. The topological polar surface area (TPSA) is 83.8 Å². The van der Waals surface area contributed by atoms with E-state index in [4.69, 9.17) is 39.1 Å². The Hall–Kier alpha value is -1.88. The Bertz CT molecular complexity index is 552. The Morgan fingerprint density at radius 3 is 2.65 bits per heavy atom. The first kappa shape index (κ1) is 13.2. The molecule has 0 aliphatic carbocycles. The van der Waals surface area contributed by atoms with Crippen LogP contribution in [-0.2, 0) is 0 Å². The third-order valence-electron chi connectivity index (χ3n) is 1.84. The van der Waals surface area contributed by atoms with Crippen LogP contribution in [0.25, 0.3) is 0 Å². The second kappa shape index (κ2) is 6.00. The molecule has 0 fully saturated rings. The van der Waals surface area contributed by atoms with Gasteiger partial charge in [-0.1, -0.05) is 29.3 Å². The van der Waals surface area contributed by atoms with Gasteiger partial charge in [-0.2, -0.15) is 10.5 Å². The summed E-state index contributed by atoms with van der Waals surface area (Å²) in [4.78, 5) is 3.81. The fourth-order valence-electron chi connectivity index (χ4n) is 0.995. The van der Waals surface area contributed by atoms with Gasteiger partial charge in [0.2, 0.25) is 0 Å². The molecule has 0 aliphatic heterocycles. The van der Waals surface area contributed by atoms with Crippen molar-refractivity contribution in [1.29, 1.82) is 15.9 Å². The SMILES string of the molecule is N#CC(=N)C(C#N)N=Cc1ccc(Cl)cc1Cl. The number of aliphatic imine (C=N–C) groups is 1. The minimum absolute atomic E-state index is 0.390. The van der Waals surface area contributed by atoms with Crippen LogP contribution in [-0.4, -0.2) is 18.0 Å². The highest BCUT2D eigenvalue weighted by Crippen LogP contribution is 2.19. The van der Waals surface area contributed by atoms with E-state index in [0.29, 0.717) is 15.6 Å². The van der Waals surface area contributed by atoms with Gasteiger partial charge in [0, 0.05) is 16.8 Å². The van der Waals surface area contributed by atoms with Crippen molar-refractivity contribution in [2.75, 3.05) is 0 Å². The molecule has 0 bridgehead atoms. The summed E-state index contributed by atoms with van der Waals surface area (Å²) in [6, 6.07) is 7.02. The molecule has 1 rings (SSSR count). The van der Waals surface area contributed by atoms with Gasteiger partial charge in [-0.05, 0) is 12.1 Å². The van der Waals surface area contributed by atoms with E-state index in [2.05, 4.69) is 4.99 Å². The Morgan fingerprint density at radius 1 is 1.41 bits per heavy atom. The summed E-state index contributed by atoms with van der Waals surface area (Å²) in [5, 5.41) is 25.3. The number of nitrogens with zero attached hydrogens (tertiary/aromatic N) is 3. The number of hydrogen-bond acceptors (Lipinski definition) is 4. The van der Waals surface area contributed by atoms with Crippen LogP contribution in [0.15, 0.2) is 23.2 Å². The van der Waals surface area contributed by atoms with E-state index >= 15 is 0 Å². The molecule has 0 amide bonds. The summed E-state index contributed by atoms with van der Waals surface area (Å²) < 4.78 is 0. The lowest BCUT2D eigenvalue weighted by Crippen LogP contribution is -2.13. The van der Waals surface area contributed by atoms with Gasteiger partial charge < -0.3 is 0 Å². The average Bonchev–Trinajstić information content (AvgIpc) is 2.31. The Labute approximate surface area is 108 Å².